The summed E-state index contributed by atoms with van der Waals surface area (Å²) in [6.07, 6.45) is 4.49. The van der Waals surface area contributed by atoms with Gasteiger partial charge in [-0.25, -0.2) is 0 Å². The maximum Gasteiger partial charge on any atom is 0.230 e. The van der Waals surface area contributed by atoms with Crippen molar-refractivity contribution < 1.29 is 9.59 Å². The Hall–Kier alpha value is -2.68. The molecule has 0 radical (unpaired) electrons. The molecule has 110 valence electrons. The van der Waals surface area contributed by atoms with E-state index in [4.69, 9.17) is 0 Å². The average molecular weight is 291 g/mol. The van der Waals surface area contributed by atoms with Gasteiger partial charge in [-0.3, -0.25) is 14.5 Å². The molecule has 1 saturated heterocycles. The number of benzene rings is 2. The van der Waals surface area contributed by atoms with Gasteiger partial charge >= 0.3 is 0 Å². The Morgan fingerprint density at radius 1 is 0.818 bits per heavy atom. The Labute approximate surface area is 129 Å². The molecule has 0 bridgehead atoms. The van der Waals surface area contributed by atoms with E-state index in [2.05, 4.69) is 0 Å². The van der Waals surface area contributed by atoms with Crippen molar-refractivity contribution in [1.82, 2.24) is 4.90 Å². The zero-order chi connectivity index (χ0) is 15.4. The summed E-state index contributed by atoms with van der Waals surface area (Å²) in [6.45, 7) is 0. The number of carbonyl (C=O) groups is 2. The van der Waals surface area contributed by atoms with Gasteiger partial charge in [0.05, 0.1) is 6.04 Å². The van der Waals surface area contributed by atoms with Crippen LogP contribution in [0.3, 0.4) is 0 Å². The van der Waals surface area contributed by atoms with Crippen molar-refractivity contribution in [3.05, 3.63) is 77.9 Å². The van der Waals surface area contributed by atoms with E-state index in [9.17, 15) is 9.59 Å². The van der Waals surface area contributed by atoms with Gasteiger partial charge in [0.25, 0.3) is 0 Å². The van der Waals surface area contributed by atoms with E-state index in [0.29, 0.717) is 12.8 Å². The van der Waals surface area contributed by atoms with Crippen molar-refractivity contribution in [3.63, 3.8) is 0 Å². The monoisotopic (exact) mass is 291 g/mol. The second kappa shape index (κ2) is 6.39. The average Bonchev–Trinajstić information content (AvgIpc) is 2.89. The summed E-state index contributed by atoms with van der Waals surface area (Å²) in [5, 5.41) is 0. The summed E-state index contributed by atoms with van der Waals surface area (Å²) < 4.78 is 0. The minimum absolute atomic E-state index is 0.100. The molecule has 1 atom stereocenters. The number of carbonyl (C=O) groups excluding carboxylic acids is 2. The molecule has 0 spiro atoms. The molecule has 1 unspecified atom stereocenters. The molecule has 0 aliphatic carbocycles. The Balaban J connectivity index is 1.95. The van der Waals surface area contributed by atoms with E-state index >= 15 is 0 Å². The molecule has 0 N–H and O–H groups in total. The summed E-state index contributed by atoms with van der Waals surface area (Å²) in [4.78, 5) is 25.5. The highest BCUT2D eigenvalue weighted by atomic mass is 16.2. The molecule has 3 heteroatoms. The van der Waals surface area contributed by atoms with Gasteiger partial charge in [-0.15, -0.1) is 0 Å². The molecule has 1 aliphatic heterocycles. The van der Waals surface area contributed by atoms with Gasteiger partial charge < -0.3 is 0 Å². The third-order valence-corrected chi connectivity index (χ3v) is 3.78. The number of rotatable bonds is 4. The van der Waals surface area contributed by atoms with Gasteiger partial charge in [0.1, 0.15) is 0 Å². The van der Waals surface area contributed by atoms with Crippen molar-refractivity contribution in [2.75, 3.05) is 0 Å². The molecule has 22 heavy (non-hydrogen) atoms. The van der Waals surface area contributed by atoms with Crippen LogP contribution in [0.4, 0.5) is 0 Å². The maximum atomic E-state index is 12.1. The van der Waals surface area contributed by atoms with Gasteiger partial charge in [0.2, 0.25) is 11.8 Å². The van der Waals surface area contributed by atoms with Crippen LogP contribution in [0.2, 0.25) is 0 Å². The van der Waals surface area contributed by atoms with Gasteiger partial charge in [-0.05, 0) is 11.1 Å². The normalized spacial score (nSPS) is 16.5. The van der Waals surface area contributed by atoms with Crippen LogP contribution in [-0.2, 0) is 9.59 Å². The first-order chi connectivity index (χ1) is 10.8. The first-order valence-corrected chi connectivity index (χ1v) is 7.39. The highest BCUT2D eigenvalue weighted by molar-refractivity contribution is 6.02. The molecular formula is C19H17NO2. The second-order valence-corrected chi connectivity index (χ2v) is 5.28. The van der Waals surface area contributed by atoms with Crippen LogP contribution in [0.5, 0.6) is 0 Å². The molecule has 1 fully saturated rings. The Bertz CT molecular complexity index is 676. The van der Waals surface area contributed by atoms with Crippen molar-refractivity contribution >= 4 is 17.9 Å². The van der Waals surface area contributed by atoms with Crippen molar-refractivity contribution in [2.24, 2.45) is 0 Å². The van der Waals surface area contributed by atoms with Gasteiger partial charge in [0, 0.05) is 12.8 Å². The van der Waals surface area contributed by atoms with E-state index in [-0.39, 0.29) is 17.9 Å². The first-order valence-electron chi connectivity index (χ1n) is 7.39. The molecule has 1 heterocycles. The zero-order valence-electron chi connectivity index (χ0n) is 12.2. The van der Waals surface area contributed by atoms with E-state index < -0.39 is 0 Å². The lowest BCUT2D eigenvalue weighted by atomic mass is 10.0. The topological polar surface area (TPSA) is 37.4 Å². The lowest BCUT2D eigenvalue weighted by Crippen LogP contribution is -2.32. The fourth-order valence-corrected chi connectivity index (χ4v) is 2.67. The standard InChI is InChI=1S/C19H17NO2/c21-18-13-14-19(22)20(18)17(16-9-5-2-6-10-16)12-11-15-7-3-1-4-8-15/h1-12,17H,13-14H2/b12-11+. The molecule has 0 aromatic heterocycles. The molecule has 2 aromatic carbocycles. The number of nitrogens with zero attached hydrogens (tertiary/aromatic N) is 1. The van der Waals surface area contributed by atoms with Crippen molar-refractivity contribution in [3.8, 4) is 0 Å². The molecule has 2 aromatic rings. The minimum atomic E-state index is -0.344. The Kier molecular flexibility index (Phi) is 4.15. The largest absolute Gasteiger partial charge is 0.274 e. The van der Waals surface area contributed by atoms with Crippen LogP contribution in [0, 0.1) is 0 Å². The number of imide groups is 1. The maximum absolute atomic E-state index is 12.1. The molecule has 3 rings (SSSR count). The SMILES string of the molecule is O=C1CCC(=O)N1C(/C=C/c1ccccc1)c1ccccc1. The Morgan fingerprint density at radius 3 is 1.95 bits per heavy atom. The van der Waals surface area contributed by atoms with Crippen LogP contribution in [-0.4, -0.2) is 16.7 Å². The molecule has 0 saturated carbocycles. The van der Waals surface area contributed by atoms with Crippen LogP contribution in [0.25, 0.3) is 6.08 Å². The van der Waals surface area contributed by atoms with Crippen LogP contribution >= 0.6 is 0 Å². The zero-order valence-corrected chi connectivity index (χ0v) is 12.2. The lowest BCUT2D eigenvalue weighted by Gasteiger charge is -2.24. The summed E-state index contributed by atoms with van der Waals surface area (Å²) in [5.74, 6) is -0.201. The van der Waals surface area contributed by atoms with Crippen LogP contribution in [0.1, 0.15) is 30.0 Å². The lowest BCUT2D eigenvalue weighted by molar-refractivity contribution is -0.140. The van der Waals surface area contributed by atoms with E-state index in [0.717, 1.165) is 11.1 Å². The third-order valence-electron chi connectivity index (χ3n) is 3.78. The summed E-state index contributed by atoms with van der Waals surface area (Å²) >= 11 is 0. The van der Waals surface area contributed by atoms with E-state index in [1.165, 1.54) is 4.90 Å². The van der Waals surface area contributed by atoms with Gasteiger partial charge in [0.15, 0.2) is 0 Å². The molecular weight excluding hydrogens is 274 g/mol. The van der Waals surface area contributed by atoms with E-state index in [1.54, 1.807) is 0 Å². The quantitative estimate of drug-likeness (QED) is 0.807. The highest BCUT2D eigenvalue weighted by Crippen LogP contribution is 2.28. The fourth-order valence-electron chi connectivity index (χ4n) is 2.67. The van der Waals surface area contributed by atoms with E-state index in [1.807, 2.05) is 72.8 Å². The third kappa shape index (κ3) is 2.98. The predicted octanol–water partition coefficient (Wildman–Crippen LogP) is 3.59. The molecule has 2 amide bonds. The van der Waals surface area contributed by atoms with Crippen molar-refractivity contribution in [2.45, 2.75) is 18.9 Å². The number of amides is 2. The predicted molar refractivity (Wildman–Crippen MR) is 85.7 cm³/mol. The molecule has 1 aliphatic rings. The minimum Gasteiger partial charge on any atom is -0.274 e. The molecule has 3 nitrogen and oxygen atoms in total. The van der Waals surface area contributed by atoms with Gasteiger partial charge in [-0.2, -0.15) is 0 Å². The summed E-state index contributed by atoms with van der Waals surface area (Å²) in [7, 11) is 0. The summed E-state index contributed by atoms with van der Waals surface area (Å²) in [5.41, 5.74) is 1.99. The van der Waals surface area contributed by atoms with Crippen LogP contribution < -0.4 is 0 Å². The van der Waals surface area contributed by atoms with Gasteiger partial charge in [-0.1, -0.05) is 72.8 Å². The fraction of sp³-hybridized carbons (Fsp3) is 0.158. The second-order valence-electron chi connectivity index (χ2n) is 5.28. The Morgan fingerprint density at radius 2 is 1.36 bits per heavy atom. The van der Waals surface area contributed by atoms with Crippen molar-refractivity contribution in [1.29, 1.82) is 0 Å². The number of hydrogen-bond acceptors (Lipinski definition) is 2. The van der Waals surface area contributed by atoms with Crippen LogP contribution in [0.15, 0.2) is 66.7 Å². The summed E-state index contributed by atoms with van der Waals surface area (Å²) in [6, 6.07) is 19.2. The smallest absolute Gasteiger partial charge is 0.230 e. The highest BCUT2D eigenvalue weighted by Gasteiger charge is 2.34. The first kappa shape index (κ1) is 14.3. The number of hydrogen-bond donors (Lipinski definition) is 0. The number of likely N-dealkylation sites (tertiary alicyclic amines) is 1.